The summed E-state index contributed by atoms with van der Waals surface area (Å²) in [7, 11) is 0. The van der Waals surface area contributed by atoms with Crippen LogP contribution in [0, 0.1) is 0 Å². The number of anilines is 2. The molecule has 0 unspecified atom stereocenters. The van der Waals surface area contributed by atoms with Gasteiger partial charge in [0.05, 0.1) is 0 Å². The molecule has 0 atom stereocenters. The van der Waals surface area contributed by atoms with Crippen molar-refractivity contribution >= 4 is 56.1 Å². The molecule has 0 fully saturated rings. The van der Waals surface area contributed by atoms with E-state index in [4.69, 9.17) is 4.74 Å². The lowest BCUT2D eigenvalue weighted by Gasteiger charge is -2.26. The fraction of sp³-hybridized carbons (Fsp3) is 0.0227. The summed E-state index contributed by atoms with van der Waals surface area (Å²) in [6.07, 6.45) is 0. The first-order chi connectivity index (χ1) is 23.3. The van der Waals surface area contributed by atoms with Gasteiger partial charge in [-0.15, -0.1) is 0 Å². The maximum atomic E-state index is 6.57. The lowest BCUT2D eigenvalue weighted by atomic mass is 9.93. The van der Waals surface area contributed by atoms with Crippen molar-refractivity contribution in [3.05, 3.63) is 170 Å². The van der Waals surface area contributed by atoms with Crippen LogP contribution >= 0.6 is 0 Å². The Kier molecular flexibility index (Phi) is 7.41. The summed E-state index contributed by atoms with van der Waals surface area (Å²) in [5.74, 6) is 0.696. The summed E-state index contributed by atoms with van der Waals surface area (Å²) in [6, 6.07) is 59.7. The third-order valence-corrected chi connectivity index (χ3v) is 8.89. The second kappa shape index (κ2) is 12.3. The number of benzene rings is 8. The number of ether oxygens (including phenoxy) is 1. The van der Waals surface area contributed by atoms with Crippen molar-refractivity contribution in [3.63, 3.8) is 0 Å². The van der Waals surface area contributed by atoms with Gasteiger partial charge in [-0.2, -0.15) is 0 Å². The van der Waals surface area contributed by atoms with Crippen LogP contribution in [0.15, 0.2) is 175 Å². The molecule has 0 spiro atoms. The van der Waals surface area contributed by atoms with Gasteiger partial charge in [0.2, 0.25) is 0 Å². The van der Waals surface area contributed by atoms with Crippen molar-refractivity contribution in [1.82, 2.24) is 0 Å². The van der Waals surface area contributed by atoms with Crippen molar-refractivity contribution in [2.75, 3.05) is 11.6 Å². The Morgan fingerprint density at radius 1 is 0.468 bits per heavy atom. The van der Waals surface area contributed by atoms with Gasteiger partial charge in [0.15, 0.2) is 6.73 Å². The Labute approximate surface area is 274 Å². The molecule has 8 rings (SSSR count). The second-order valence-corrected chi connectivity index (χ2v) is 11.6. The normalized spacial score (nSPS) is 11.1. The minimum Gasteiger partial charge on any atom is -0.470 e. The Morgan fingerprint density at radius 2 is 1.13 bits per heavy atom. The van der Waals surface area contributed by atoms with Crippen molar-refractivity contribution in [2.24, 2.45) is 4.99 Å². The average molecular weight is 605 g/mol. The molecule has 0 saturated heterocycles. The van der Waals surface area contributed by atoms with Crippen LogP contribution in [0.3, 0.4) is 0 Å². The highest BCUT2D eigenvalue weighted by atomic mass is 16.5. The van der Waals surface area contributed by atoms with Crippen LogP contribution in [0.4, 0.5) is 17.1 Å². The Morgan fingerprint density at radius 3 is 1.91 bits per heavy atom. The molecule has 0 aliphatic rings. The molecule has 0 aliphatic carbocycles. The van der Waals surface area contributed by atoms with Gasteiger partial charge in [0.1, 0.15) is 11.4 Å². The molecule has 0 aliphatic heterocycles. The molecule has 3 nitrogen and oxygen atoms in total. The SMILES string of the molecule is C=Nc1c(OCN(c2ccc(-c3cc4ccccc4c4ccccc34)cc2)c2cccc(-c3ccccc3)c2)ccc2ccccc12. The minimum absolute atomic E-state index is 0.289. The zero-order chi connectivity index (χ0) is 31.6. The molecule has 224 valence electrons. The van der Waals surface area contributed by atoms with Gasteiger partial charge >= 0.3 is 0 Å². The summed E-state index contributed by atoms with van der Waals surface area (Å²) < 4.78 is 6.57. The molecule has 0 N–H and O–H groups in total. The number of nitrogens with zero attached hydrogens (tertiary/aromatic N) is 2. The van der Waals surface area contributed by atoms with E-state index in [0.717, 1.165) is 33.4 Å². The van der Waals surface area contributed by atoms with Gasteiger partial charge in [-0.1, -0.05) is 133 Å². The largest absolute Gasteiger partial charge is 0.470 e. The molecule has 0 radical (unpaired) electrons. The van der Waals surface area contributed by atoms with E-state index in [2.05, 4.69) is 162 Å². The first kappa shape index (κ1) is 28.3. The zero-order valence-corrected chi connectivity index (χ0v) is 25.9. The van der Waals surface area contributed by atoms with E-state index >= 15 is 0 Å². The van der Waals surface area contributed by atoms with E-state index in [9.17, 15) is 0 Å². The summed E-state index contributed by atoms with van der Waals surface area (Å²) in [5.41, 5.74) is 7.51. The van der Waals surface area contributed by atoms with Crippen LogP contribution in [0.2, 0.25) is 0 Å². The van der Waals surface area contributed by atoms with E-state index in [-0.39, 0.29) is 6.73 Å². The van der Waals surface area contributed by atoms with Crippen LogP contribution in [0.1, 0.15) is 0 Å². The van der Waals surface area contributed by atoms with Gasteiger partial charge in [-0.3, -0.25) is 4.99 Å². The fourth-order valence-corrected chi connectivity index (χ4v) is 6.54. The van der Waals surface area contributed by atoms with Gasteiger partial charge < -0.3 is 9.64 Å². The van der Waals surface area contributed by atoms with Crippen molar-refractivity contribution < 1.29 is 4.74 Å². The third kappa shape index (κ3) is 5.38. The standard InChI is InChI=1S/C44H32N2O/c1-45-44-39-19-8-5-14-32(39)24-27-43(44)47-30-46(37-17-11-16-34(28-37)31-12-3-2-4-13-31)36-25-22-33(23-26-36)42-29-35-15-6-7-18-38(35)40-20-9-10-21-41(40)42/h2-29H,1,30H2. The molecule has 3 heteroatoms. The van der Waals surface area contributed by atoms with Crippen LogP contribution in [-0.4, -0.2) is 13.4 Å². The van der Waals surface area contributed by atoms with E-state index < -0.39 is 0 Å². The molecule has 8 aromatic carbocycles. The lowest BCUT2D eigenvalue weighted by molar-refractivity contribution is 0.328. The molecule has 0 heterocycles. The van der Waals surface area contributed by atoms with E-state index in [1.54, 1.807) is 0 Å². The second-order valence-electron chi connectivity index (χ2n) is 11.6. The maximum Gasteiger partial charge on any atom is 0.165 e. The monoisotopic (exact) mass is 604 g/mol. The highest BCUT2D eigenvalue weighted by Crippen LogP contribution is 2.39. The molecule has 0 aromatic heterocycles. The molecule has 47 heavy (non-hydrogen) atoms. The average Bonchev–Trinajstić information content (AvgIpc) is 3.15. The topological polar surface area (TPSA) is 24.8 Å². The number of hydrogen-bond donors (Lipinski definition) is 0. The molecular weight excluding hydrogens is 572 g/mol. The number of rotatable bonds is 8. The van der Waals surface area contributed by atoms with Crippen LogP contribution in [0.5, 0.6) is 5.75 Å². The maximum absolute atomic E-state index is 6.57. The van der Waals surface area contributed by atoms with E-state index in [1.165, 1.54) is 38.2 Å². The molecule has 0 bridgehead atoms. The highest BCUT2D eigenvalue weighted by molar-refractivity contribution is 6.13. The van der Waals surface area contributed by atoms with Gasteiger partial charge in [-0.05, 0) is 92.3 Å². The molecule has 8 aromatic rings. The number of hydrogen-bond acceptors (Lipinski definition) is 3. The van der Waals surface area contributed by atoms with E-state index in [1.807, 2.05) is 24.3 Å². The zero-order valence-electron chi connectivity index (χ0n) is 25.9. The van der Waals surface area contributed by atoms with Crippen molar-refractivity contribution in [3.8, 4) is 28.0 Å². The van der Waals surface area contributed by atoms with Crippen molar-refractivity contribution in [1.29, 1.82) is 0 Å². The van der Waals surface area contributed by atoms with E-state index in [0.29, 0.717) is 5.75 Å². The van der Waals surface area contributed by atoms with Crippen LogP contribution in [0.25, 0.3) is 54.6 Å². The molecular formula is C44H32N2O. The number of aliphatic imine (C=N–C) groups is 1. The predicted molar refractivity (Wildman–Crippen MR) is 200 cm³/mol. The van der Waals surface area contributed by atoms with Gasteiger partial charge in [0.25, 0.3) is 0 Å². The quantitative estimate of drug-likeness (QED) is 0.0979. The van der Waals surface area contributed by atoms with Gasteiger partial charge in [0, 0.05) is 16.8 Å². The summed E-state index contributed by atoms with van der Waals surface area (Å²) in [6.45, 7) is 4.15. The summed E-state index contributed by atoms with van der Waals surface area (Å²) in [5, 5.41) is 7.14. The molecule has 0 amide bonds. The number of fused-ring (bicyclic) bond motifs is 4. The first-order valence-corrected chi connectivity index (χ1v) is 15.8. The Bertz CT molecular complexity index is 2380. The molecule has 0 saturated carbocycles. The lowest BCUT2D eigenvalue weighted by Crippen LogP contribution is -2.23. The van der Waals surface area contributed by atoms with Crippen LogP contribution < -0.4 is 9.64 Å². The first-order valence-electron chi connectivity index (χ1n) is 15.8. The Balaban J connectivity index is 1.20. The summed E-state index contributed by atoms with van der Waals surface area (Å²) in [4.78, 5) is 6.58. The van der Waals surface area contributed by atoms with Crippen molar-refractivity contribution in [2.45, 2.75) is 0 Å². The van der Waals surface area contributed by atoms with Gasteiger partial charge in [-0.25, -0.2) is 0 Å². The third-order valence-electron chi connectivity index (χ3n) is 8.89. The minimum atomic E-state index is 0.289. The highest BCUT2D eigenvalue weighted by Gasteiger charge is 2.15. The fourth-order valence-electron chi connectivity index (χ4n) is 6.54. The Hall–Kier alpha value is -6.19. The summed E-state index contributed by atoms with van der Waals surface area (Å²) >= 11 is 0. The van der Waals surface area contributed by atoms with Crippen LogP contribution in [-0.2, 0) is 0 Å². The predicted octanol–water partition coefficient (Wildman–Crippen LogP) is 12.0. The smallest absolute Gasteiger partial charge is 0.165 e.